The number of benzene rings is 1. The first-order valence-corrected chi connectivity index (χ1v) is 8.21. The van der Waals surface area contributed by atoms with E-state index in [9.17, 15) is 4.39 Å². The van der Waals surface area contributed by atoms with E-state index in [0.717, 1.165) is 24.1 Å². The molecule has 1 aromatic rings. The molecule has 0 radical (unpaired) electrons. The molecule has 1 saturated carbocycles. The second kappa shape index (κ2) is 7.78. The van der Waals surface area contributed by atoms with Gasteiger partial charge in [0.1, 0.15) is 5.82 Å². The van der Waals surface area contributed by atoms with E-state index in [1.807, 2.05) is 19.1 Å². The van der Waals surface area contributed by atoms with Crippen molar-refractivity contribution in [2.24, 2.45) is 5.92 Å². The Morgan fingerprint density at radius 3 is 2.50 bits per heavy atom. The SMILES string of the molecule is CCCNC(c1ccc(C)cc1F)C1CCCCCC1. The fourth-order valence-electron chi connectivity index (χ4n) is 3.36. The zero-order valence-corrected chi connectivity index (χ0v) is 12.9. The third-order valence-electron chi connectivity index (χ3n) is 4.48. The molecule has 2 heteroatoms. The second-order valence-corrected chi connectivity index (χ2v) is 6.21. The Morgan fingerprint density at radius 1 is 1.20 bits per heavy atom. The molecule has 0 saturated heterocycles. The molecule has 1 atom stereocenters. The van der Waals surface area contributed by atoms with Crippen molar-refractivity contribution in [3.8, 4) is 0 Å². The summed E-state index contributed by atoms with van der Waals surface area (Å²) in [7, 11) is 0. The maximum Gasteiger partial charge on any atom is 0.128 e. The Labute approximate surface area is 123 Å². The fraction of sp³-hybridized carbons (Fsp3) is 0.667. The van der Waals surface area contributed by atoms with Gasteiger partial charge >= 0.3 is 0 Å². The molecule has 0 aliphatic heterocycles. The van der Waals surface area contributed by atoms with Crippen LogP contribution in [0.5, 0.6) is 0 Å². The molecule has 0 bridgehead atoms. The van der Waals surface area contributed by atoms with E-state index in [1.54, 1.807) is 6.07 Å². The summed E-state index contributed by atoms with van der Waals surface area (Å²) in [5.74, 6) is 0.545. The van der Waals surface area contributed by atoms with Gasteiger partial charge in [0, 0.05) is 11.6 Å². The molecule has 20 heavy (non-hydrogen) atoms. The van der Waals surface area contributed by atoms with Crippen molar-refractivity contribution in [2.45, 2.75) is 64.8 Å². The number of hydrogen-bond acceptors (Lipinski definition) is 1. The number of nitrogens with one attached hydrogen (secondary N) is 1. The molecule has 1 nitrogen and oxygen atoms in total. The van der Waals surface area contributed by atoms with Crippen LogP contribution in [-0.2, 0) is 0 Å². The molecule has 1 unspecified atom stereocenters. The largest absolute Gasteiger partial charge is 0.310 e. The van der Waals surface area contributed by atoms with E-state index < -0.39 is 0 Å². The maximum atomic E-state index is 14.3. The second-order valence-electron chi connectivity index (χ2n) is 6.21. The van der Waals surface area contributed by atoms with Crippen LogP contribution in [0, 0.1) is 18.7 Å². The number of aryl methyl sites for hydroxylation is 1. The molecular formula is C18H28FN. The minimum atomic E-state index is -0.0390. The van der Waals surface area contributed by atoms with Crippen LogP contribution in [0.15, 0.2) is 18.2 Å². The molecule has 0 heterocycles. The van der Waals surface area contributed by atoms with Crippen LogP contribution < -0.4 is 5.32 Å². The lowest BCUT2D eigenvalue weighted by Gasteiger charge is -2.28. The van der Waals surface area contributed by atoms with Gasteiger partial charge in [0.15, 0.2) is 0 Å². The van der Waals surface area contributed by atoms with Gasteiger partial charge < -0.3 is 5.32 Å². The molecule has 1 aliphatic carbocycles. The first kappa shape index (κ1) is 15.5. The summed E-state index contributed by atoms with van der Waals surface area (Å²) in [6, 6.07) is 5.89. The summed E-state index contributed by atoms with van der Waals surface area (Å²) in [5.41, 5.74) is 1.87. The zero-order valence-electron chi connectivity index (χ0n) is 12.9. The lowest BCUT2D eigenvalue weighted by atomic mass is 9.86. The van der Waals surface area contributed by atoms with Crippen molar-refractivity contribution < 1.29 is 4.39 Å². The van der Waals surface area contributed by atoms with E-state index in [4.69, 9.17) is 0 Å². The normalized spacial score (nSPS) is 18.8. The summed E-state index contributed by atoms with van der Waals surface area (Å²) < 4.78 is 14.3. The van der Waals surface area contributed by atoms with Gasteiger partial charge in [-0.15, -0.1) is 0 Å². The molecule has 1 aliphatic rings. The minimum absolute atomic E-state index is 0.0390. The topological polar surface area (TPSA) is 12.0 Å². The number of hydrogen-bond donors (Lipinski definition) is 1. The van der Waals surface area contributed by atoms with Gasteiger partial charge in [-0.3, -0.25) is 0 Å². The predicted molar refractivity (Wildman–Crippen MR) is 83.4 cm³/mol. The van der Waals surface area contributed by atoms with Crippen molar-refractivity contribution in [1.82, 2.24) is 5.32 Å². The van der Waals surface area contributed by atoms with Gasteiger partial charge in [-0.05, 0) is 50.3 Å². The average molecular weight is 277 g/mol. The van der Waals surface area contributed by atoms with Crippen LogP contribution >= 0.6 is 0 Å². The van der Waals surface area contributed by atoms with Crippen molar-refractivity contribution in [3.63, 3.8) is 0 Å². The van der Waals surface area contributed by atoms with E-state index in [-0.39, 0.29) is 11.9 Å². The highest BCUT2D eigenvalue weighted by molar-refractivity contribution is 5.26. The van der Waals surface area contributed by atoms with Crippen LogP contribution in [0.1, 0.15) is 69.0 Å². The van der Waals surface area contributed by atoms with Gasteiger partial charge in [-0.25, -0.2) is 4.39 Å². The van der Waals surface area contributed by atoms with Crippen molar-refractivity contribution in [1.29, 1.82) is 0 Å². The summed E-state index contributed by atoms with van der Waals surface area (Å²) in [5, 5.41) is 3.60. The van der Waals surface area contributed by atoms with Crippen LogP contribution in [0.4, 0.5) is 4.39 Å². The standard InChI is InChI=1S/C18H28FN/c1-3-12-20-18(15-8-6-4-5-7-9-15)16-11-10-14(2)13-17(16)19/h10-11,13,15,18,20H,3-9,12H2,1-2H3. The maximum absolute atomic E-state index is 14.3. The Kier molecular flexibility index (Phi) is 6.03. The van der Waals surface area contributed by atoms with E-state index in [0.29, 0.717) is 5.92 Å². The van der Waals surface area contributed by atoms with E-state index in [1.165, 1.54) is 38.5 Å². The lowest BCUT2D eigenvalue weighted by Crippen LogP contribution is -2.29. The Balaban J connectivity index is 2.20. The van der Waals surface area contributed by atoms with Gasteiger partial charge in [0.2, 0.25) is 0 Å². The third-order valence-corrected chi connectivity index (χ3v) is 4.48. The first-order valence-electron chi connectivity index (χ1n) is 8.21. The van der Waals surface area contributed by atoms with Crippen molar-refractivity contribution >= 4 is 0 Å². The zero-order chi connectivity index (χ0) is 14.4. The number of halogens is 1. The summed E-state index contributed by atoms with van der Waals surface area (Å²) in [4.78, 5) is 0. The summed E-state index contributed by atoms with van der Waals surface area (Å²) in [6.45, 7) is 5.09. The molecule has 2 rings (SSSR count). The van der Waals surface area contributed by atoms with Crippen LogP contribution in [-0.4, -0.2) is 6.54 Å². The summed E-state index contributed by atoms with van der Waals surface area (Å²) in [6.07, 6.45) is 8.83. The molecule has 0 amide bonds. The lowest BCUT2D eigenvalue weighted by molar-refractivity contribution is 0.318. The Morgan fingerprint density at radius 2 is 1.90 bits per heavy atom. The van der Waals surface area contributed by atoms with Crippen LogP contribution in [0.25, 0.3) is 0 Å². The predicted octanol–water partition coefficient (Wildman–Crippen LogP) is 5.15. The van der Waals surface area contributed by atoms with Gasteiger partial charge in [0.25, 0.3) is 0 Å². The first-order chi connectivity index (χ1) is 9.72. The fourth-order valence-corrected chi connectivity index (χ4v) is 3.36. The van der Waals surface area contributed by atoms with Gasteiger partial charge in [0.05, 0.1) is 0 Å². The summed E-state index contributed by atoms with van der Waals surface area (Å²) >= 11 is 0. The molecule has 0 spiro atoms. The third kappa shape index (κ3) is 4.05. The average Bonchev–Trinajstić information content (AvgIpc) is 2.70. The van der Waals surface area contributed by atoms with Gasteiger partial charge in [-0.1, -0.05) is 44.7 Å². The van der Waals surface area contributed by atoms with Crippen molar-refractivity contribution in [2.75, 3.05) is 6.54 Å². The van der Waals surface area contributed by atoms with Crippen LogP contribution in [0.2, 0.25) is 0 Å². The Bertz CT molecular complexity index is 408. The molecule has 0 aromatic heterocycles. The van der Waals surface area contributed by atoms with E-state index in [2.05, 4.69) is 12.2 Å². The number of rotatable bonds is 5. The monoisotopic (exact) mass is 277 g/mol. The minimum Gasteiger partial charge on any atom is -0.310 e. The van der Waals surface area contributed by atoms with Gasteiger partial charge in [-0.2, -0.15) is 0 Å². The highest BCUT2D eigenvalue weighted by atomic mass is 19.1. The van der Waals surface area contributed by atoms with Crippen molar-refractivity contribution in [3.05, 3.63) is 35.1 Å². The van der Waals surface area contributed by atoms with E-state index >= 15 is 0 Å². The smallest absolute Gasteiger partial charge is 0.128 e. The highest BCUT2D eigenvalue weighted by Gasteiger charge is 2.25. The highest BCUT2D eigenvalue weighted by Crippen LogP contribution is 2.34. The van der Waals surface area contributed by atoms with Crippen LogP contribution in [0.3, 0.4) is 0 Å². The molecule has 112 valence electrons. The quantitative estimate of drug-likeness (QED) is 0.734. The Hall–Kier alpha value is -0.890. The molecular weight excluding hydrogens is 249 g/mol. The molecule has 1 aromatic carbocycles. The molecule has 1 fully saturated rings. The molecule has 1 N–H and O–H groups in total.